The molecule has 0 aliphatic carbocycles. The molecule has 2 N–H and O–H groups in total. The SMILES string of the molecule is COc1ccc(Cn2c(=O)c3cc(C(O)CO)ccc3n(C3CCOCC3)c2=O)cc1OC. The molecule has 4 rings (SSSR count). The number of hydrogen-bond acceptors (Lipinski definition) is 7. The van der Waals surface area contributed by atoms with Crippen LogP contribution in [0.3, 0.4) is 0 Å². The zero-order valence-electron chi connectivity index (χ0n) is 18.7. The molecule has 2 aromatic carbocycles. The Hall–Kier alpha value is -3.14. The van der Waals surface area contributed by atoms with Crippen LogP contribution in [0.25, 0.3) is 10.9 Å². The Bertz CT molecular complexity index is 1260. The van der Waals surface area contributed by atoms with Gasteiger partial charge in [0.1, 0.15) is 6.10 Å². The Balaban J connectivity index is 1.91. The number of hydrogen-bond donors (Lipinski definition) is 2. The normalized spacial score (nSPS) is 15.5. The van der Waals surface area contributed by atoms with Gasteiger partial charge in [0.05, 0.1) is 38.3 Å². The Morgan fingerprint density at radius 1 is 1.06 bits per heavy atom. The minimum absolute atomic E-state index is 0.0456. The fourth-order valence-electron chi connectivity index (χ4n) is 4.31. The minimum atomic E-state index is -1.11. The number of aliphatic hydroxyl groups is 2. The first-order chi connectivity index (χ1) is 16.0. The van der Waals surface area contributed by atoms with Crippen molar-refractivity contribution in [3.8, 4) is 11.5 Å². The highest BCUT2D eigenvalue weighted by molar-refractivity contribution is 5.79. The lowest BCUT2D eigenvalue weighted by molar-refractivity contribution is 0.0691. The summed E-state index contributed by atoms with van der Waals surface area (Å²) in [6.45, 7) is 0.651. The standard InChI is InChI=1S/C24H28N2O7/c1-31-21-6-3-15(11-22(21)32-2)13-25-23(29)18-12-16(20(28)14-27)4-5-19(18)26(24(25)30)17-7-9-33-10-8-17/h3-6,11-12,17,20,27-28H,7-10,13-14H2,1-2H3. The van der Waals surface area contributed by atoms with Crippen LogP contribution in [0.15, 0.2) is 46.0 Å². The van der Waals surface area contributed by atoms with E-state index in [-0.39, 0.29) is 12.6 Å². The zero-order chi connectivity index (χ0) is 23.5. The van der Waals surface area contributed by atoms with E-state index in [1.165, 1.54) is 18.8 Å². The fourth-order valence-corrected chi connectivity index (χ4v) is 4.31. The molecule has 3 aromatic rings. The highest BCUT2D eigenvalue weighted by atomic mass is 16.5. The summed E-state index contributed by atoms with van der Waals surface area (Å²) in [5, 5.41) is 19.8. The molecule has 0 saturated carbocycles. The lowest BCUT2D eigenvalue weighted by Crippen LogP contribution is -2.42. The second-order valence-corrected chi connectivity index (χ2v) is 8.05. The first-order valence-corrected chi connectivity index (χ1v) is 10.8. The van der Waals surface area contributed by atoms with Crippen LogP contribution < -0.4 is 20.7 Å². The molecule has 0 radical (unpaired) electrons. The summed E-state index contributed by atoms with van der Waals surface area (Å²) in [7, 11) is 3.06. The first kappa shape index (κ1) is 23.0. The average Bonchev–Trinajstić information content (AvgIpc) is 2.86. The van der Waals surface area contributed by atoms with Crippen LogP contribution in [0.2, 0.25) is 0 Å². The van der Waals surface area contributed by atoms with Gasteiger partial charge < -0.3 is 24.4 Å². The van der Waals surface area contributed by atoms with E-state index in [9.17, 15) is 19.8 Å². The number of nitrogens with zero attached hydrogens (tertiary/aromatic N) is 2. The number of benzene rings is 2. The molecule has 1 aromatic heterocycles. The minimum Gasteiger partial charge on any atom is -0.493 e. The van der Waals surface area contributed by atoms with Crippen LogP contribution in [-0.2, 0) is 11.3 Å². The Morgan fingerprint density at radius 2 is 1.79 bits per heavy atom. The van der Waals surface area contributed by atoms with Crippen molar-refractivity contribution in [1.29, 1.82) is 0 Å². The van der Waals surface area contributed by atoms with Crippen molar-refractivity contribution in [1.82, 2.24) is 9.13 Å². The van der Waals surface area contributed by atoms with Crippen molar-refractivity contribution < 1.29 is 24.4 Å². The predicted octanol–water partition coefficient (Wildman–Crippen LogP) is 1.61. The lowest BCUT2D eigenvalue weighted by Gasteiger charge is -2.26. The average molecular weight is 456 g/mol. The van der Waals surface area contributed by atoms with E-state index in [4.69, 9.17) is 14.2 Å². The first-order valence-electron chi connectivity index (χ1n) is 10.8. The summed E-state index contributed by atoms with van der Waals surface area (Å²) in [6, 6.07) is 9.99. The second-order valence-electron chi connectivity index (χ2n) is 8.05. The number of rotatable bonds is 7. The smallest absolute Gasteiger partial charge is 0.332 e. The summed E-state index contributed by atoms with van der Waals surface area (Å²) in [5.41, 5.74) is 0.771. The molecule has 9 heteroatoms. The molecule has 176 valence electrons. The van der Waals surface area contributed by atoms with E-state index in [1.807, 2.05) is 0 Å². The van der Waals surface area contributed by atoms with E-state index in [1.54, 1.807) is 41.0 Å². The molecular formula is C24H28N2O7. The second kappa shape index (κ2) is 9.78. The Kier molecular flexibility index (Phi) is 6.83. The molecule has 33 heavy (non-hydrogen) atoms. The number of fused-ring (bicyclic) bond motifs is 1. The molecule has 0 bridgehead atoms. The maximum absolute atomic E-state index is 13.6. The van der Waals surface area contributed by atoms with E-state index in [0.717, 1.165) is 0 Å². The third kappa shape index (κ3) is 4.39. The van der Waals surface area contributed by atoms with Gasteiger partial charge in [-0.3, -0.25) is 13.9 Å². The number of aromatic nitrogens is 2. The molecule has 1 atom stereocenters. The van der Waals surface area contributed by atoms with Gasteiger partial charge in [0, 0.05) is 19.3 Å². The molecule has 1 aliphatic heterocycles. The molecule has 0 spiro atoms. The largest absolute Gasteiger partial charge is 0.493 e. The molecular weight excluding hydrogens is 428 g/mol. The molecule has 1 aliphatic rings. The van der Waals surface area contributed by atoms with Gasteiger partial charge in [-0.1, -0.05) is 12.1 Å². The summed E-state index contributed by atoms with van der Waals surface area (Å²) >= 11 is 0. The van der Waals surface area contributed by atoms with Crippen LogP contribution in [0.1, 0.15) is 36.1 Å². The number of methoxy groups -OCH3 is 2. The topological polar surface area (TPSA) is 112 Å². The lowest BCUT2D eigenvalue weighted by atomic mass is 10.0. The van der Waals surface area contributed by atoms with E-state index in [2.05, 4.69) is 0 Å². The summed E-state index contributed by atoms with van der Waals surface area (Å²) in [4.78, 5) is 27.1. The van der Waals surface area contributed by atoms with Crippen LogP contribution in [0.5, 0.6) is 11.5 Å². The maximum atomic E-state index is 13.6. The van der Waals surface area contributed by atoms with Crippen molar-refractivity contribution in [2.45, 2.75) is 31.5 Å². The van der Waals surface area contributed by atoms with Gasteiger partial charge in [0.2, 0.25) is 0 Å². The monoisotopic (exact) mass is 456 g/mol. The van der Waals surface area contributed by atoms with E-state index >= 15 is 0 Å². The van der Waals surface area contributed by atoms with Crippen LogP contribution in [0.4, 0.5) is 0 Å². The highest BCUT2D eigenvalue weighted by Crippen LogP contribution is 2.28. The maximum Gasteiger partial charge on any atom is 0.332 e. The van der Waals surface area contributed by atoms with Gasteiger partial charge in [0.25, 0.3) is 5.56 Å². The Labute approximate surface area is 190 Å². The van der Waals surface area contributed by atoms with Crippen LogP contribution >= 0.6 is 0 Å². The van der Waals surface area contributed by atoms with Gasteiger partial charge in [0.15, 0.2) is 11.5 Å². The molecule has 0 amide bonds. The van der Waals surface area contributed by atoms with E-state index in [0.29, 0.717) is 59.6 Å². The number of aliphatic hydroxyl groups excluding tert-OH is 2. The van der Waals surface area contributed by atoms with Crippen molar-refractivity contribution in [2.75, 3.05) is 34.0 Å². The molecule has 1 fully saturated rings. The predicted molar refractivity (Wildman–Crippen MR) is 122 cm³/mol. The zero-order valence-corrected chi connectivity index (χ0v) is 18.7. The molecule has 2 heterocycles. The van der Waals surface area contributed by atoms with Crippen molar-refractivity contribution in [3.05, 3.63) is 68.4 Å². The third-order valence-electron chi connectivity index (χ3n) is 6.10. The van der Waals surface area contributed by atoms with Gasteiger partial charge in [-0.05, 0) is 48.2 Å². The highest BCUT2D eigenvalue weighted by Gasteiger charge is 2.23. The molecule has 9 nitrogen and oxygen atoms in total. The summed E-state index contributed by atoms with van der Waals surface area (Å²) in [5.74, 6) is 1.05. The van der Waals surface area contributed by atoms with Gasteiger partial charge in [-0.15, -0.1) is 0 Å². The Morgan fingerprint density at radius 3 is 2.45 bits per heavy atom. The summed E-state index contributed by atoms with van der Waals surface area (Å²) in [6.07, 6.45) is 0.200. The quantitative estimate of drug-likeness (QED) is 0.555. The van der Waals surface area contributed by atoms with Gasteiger partial charge in [-0.25, -0.2) is 4.79 Å². The molecule has 1 unspecified atom stereocenters. The van der Waals surface area contributed by atoms with Crippen molar-refractivity contribution in [3.63, 3.8) is 0 Å². The number of ether oxygens (including phenoxy) is 3. The van der Waals surface area contributed by atoms with Gasteiger partial charge >= 0.3 is 5.69 Å². The van der Waals surface area contributed by atoms with Crippen molar-refractivity contribution >= 4 is 10.9 Å². The van der Waals surface area contributed by atoms with E-state index < -0.39 is 24.0 Å². The third-order valence-corrected chi connectivity index (χ3v) is 6.10. The van der Waals surface area contributed by atoms with Crippen LogP contribution in [-0.4, -0.2) is 53.4 Å². The van der Waals surface area contributed by atoms with Crippen LogP contribution in [0, 0.1) is 0 Å². The summed E-state index contributed by atoms with van der Waals surface area (Å²) < 4.78 is 19.0. The molecule has 1 saturated heterocycles. The fraction of sp³-hybridized carbons (Fsp3) is 0.417. The van der Waals surface area contributed by atoms with Gasteiger partial charge in [-0.2, -0.15) is 0 Å². The van der Waals surface area contributed by atoms with Crippen molar-refractivity contribution in [2.24, 2.45) is 0 Å².